The van der Waals surface area contributed by atoms with Crippen LogP contribution in [0, 0.1) is 11.7 Å². The maximum Gasteiger partial charge on any atom is 0.430 e. The van der Waals surface area contributed by atoms with E-state index in [1.54, 1.807) is 0 Å². The molecule has 1 atom stereocenters. The molecule has 0 bridgehead atoms. The van der Waals surface area contributed by atoms with Crippen molar-refractivity contribution in [1.82, 2.24) is 0 Å². The summed E-state index contributed by atoms with van der Waals surface area (Å²) in [5.41, 5.74) is 4.09. The van der Waals surface area contributed by atoms with Crippen molar-refractivity contribution in [1.29, 1.82) is 0 Å². The number of aliphatic imine (C=N–C) groups is 2. The molecule has 0 aromatic heterocycles. The van der Waals surface area contributed by atoms with Crippen molar-refractivity contribution in [3.05, 3.63) is 41.4 Å². The van der Waals surface area contributed by atoms with Crippen molar-refractivity contribution >= 4 is 23.3 Å². The number of aliphatic hydroxyl groups excluding tert-OH is 1. The Hall–Kier alpha value is -2.75. The minimum Gasteiger partial charge on any atom is -0.395 e. The molecule has 1 aliphatic rings. The van der Waals surface area contributed by atoms with Gasteiger partial charge >= 0.3 is 6.18 Å². The quantitative estimate of drug-likeness (QED) is 0.262. The van der Waals surface area contributed by atoms with Crippen LogP contribution in [0.2, 0.25) is 0 Å². The molecular weight excluding hydrogens is 390 g/mol. The van der Waals surface area contributed by atoms with Crippen LogP contribution in [-0.2, 0) is 0 Å². The molecule has 1 saturated carbocycles. The lowest BCUT2D eigenvalue weighted by atomic mass is 10.1. The van der Waals surface area contributed by atoms with Crippen LogP contribution in [0.1, 0.15) is 37.9 Å². The molecule has 5 N–H and O–H groups in total. The van der Waals surface area contributed by atoms with Gasteiger partial charge in [-0.15, -0.1) is 0 Å². The third-order valence-corrected chi connectivity index (χ3v) is 4.18. The summed E-state index contributed by atoms with van der Waals surface area (Å²) in [6.07, 6.45) is -1.78. The Kier molecular flexibility index (Phi) is 7.49. The van der Waals surface area contributed by atoms with Crippen LogP contribution in [0.5, 0.6) is 0 Å². The fourth-order valence-corrected chi connectivity index (χ4v) is 2.42. The van der Waals surface area contributed by atoms with Crippen LogP contribution in [0.3, 0.4) is 0 Å². The number of hydrazone groups is 1. The highest BCUT2D eigenvalue weighted by atomic mass is 19.4. The predicted octanol–water partition coefficient (Wildman–Crippen LogP) is 3.54. The van der Waals surface area contributed by atoms with Gasteiger partial charge in [0.1, 0.15) is 11.5 Å². The van der Waals surface area contributed by atoms with E-state index in [1.807, 2.05) is 0 Å². The summed E-state index contributed by atoms with van der Waals surface area (Å²) in [5.74, 6) is 5.25. The summed E-state index contributed by atoms with van der Waals surface area (Å²) >= 11 is 0. The van der Waals surface area contributed by atoms with Crippen molar-refractivity contribution in [2.45, 2.75) is 38.5 Å². The molecule has 6 nitrogen and oxygen atoms in total. The Balaban J connectivity index is 2.39. The minimum atomic E-state index is -4.75. The van der Waals surface area contributed by atoms with Crippen LogP contribution in [-0.4, -0.2) is 35.5 Å². The Morgan fingerprint density at radius 3 is 2.55 bits per heavy atom. The molecule has 0 aliphatic heterocycles. The fourth-order valence-electron chi connectivity index (χ4n) is 2.42. The number of rotatable bonds is 8. The average molecular weight is 413 g/mol. The lowest BCUT2D eigenvalue weighted by Crippen LogP contribution is -2.21. The molecule has 0 spiro atoms. The molecule has 1 aromatic carbocycles. The van der Waals surface area contributed by atoms with Crippen molar-refractivity contribution in [3.8, 4) is 0 Å². The van der Waals surface area contributed by atoms with Gasteiger partial charge in [0.15, 0.2) is 0 Å². The number of benzene rings is 1. The van der Waals surface area contributed by atoms with E-state index >= 15 is 0 Å². The summed E-state index contributed by atoms with van der Waals surface area (Å²) < 4.78 is 52.2. The largest absolute Gasteiger partial charge is 0.430 e. The van der Waals surface area contributed by atoms with Gasteiger partial charge in [-0.1, -0.05) is 0 Å². The zero-order valence-electron chi connectivity index (χ0n) is 15.8. The van der Waals surface area contributed by atoms with Crippen LogP contribution in [0.25, 0.3) is 0 Å². The second-order valence-corrected chi connectivity index (χ2v) is 6.81. The number of alkyl halides is 3. The molecule has 0 amide bonds. The Morgan fingerprint density at radius 1 is 1.31 bits per heavy atom. The number of nitrogens with two attached hydrogens (primary N) is 2. The van der Waals surface area contributed by atoms with Gasteiger partial charge in [-0.05, 0) is 50.0 Å². The van der Waals surface area contributed by atoms with Gasteiger partial charge in [0.2, 0.25) is 0 Å². The van der Waals surface area contributed by atoms with E-state index in [9.17, 15) is 22.7 Å². The molecule has 10 heteroatoms. The standard InChI is InChI=1S/C19H23F4N5O/c1-11(29)16-6-13(20)4-5-17(16)27-14(8-18(24)19(21,22)23)7-15(28-25)10-26-9-12-2-3-12/h4-6,8,10-12,29H,2-3,7,9,24-25H2,1H3/t11-/m1/s1. The van der Waals surface area contributed by atoms with Gasteiger partial charge in [-0.25, -0.2) is 4.39 Å². The molecule has 1 fully saturated rings. The third-order valence-electron chi connectivity index (χ3n) is 4.18. The van der Waals surface area contributed by atoms with E-state index < -0.39 is 23.8 Å². The van der Waals surface area contributed by atoms with Crippen LogP contribution in [0.15, 0.2) is 45.1 Å². The van der Waals surface area contributed by atoms with E-state index in [1.165, 1.54) is 19.2 Å². The maximum absolute atomic E-state index is 13.5. The third kappa shape index (κ3) is 7.30. The highest BCUT2D eigenvalue weighted by molar-refractivity contribution is 6.36. The topological polar surface area (TPSA) is 109 Å². The average Bonchev–Trinajstić information content (AvgIpc) is 3.45. The molecule has 0 saturated heterocycles. The first-order valence-corrected chi connectivity index (χ1v) is 8.96. The smallest absolute Gasteiger partial charge is 0.395 e. The molecule has 158 valence electrons. The second-order valence-electron chi connectivity index (χ2n) is 6.81. The monoisotopic (exact) mass is 413 g/mol. The molecular formula is C19H23F4N5O. The van der Waals surface area contributed by atoms with Gasteiger partial charge in [0.05, 0.1) is 17.5 Å². The van der Waals surface area contributed by atoms with E-state index in [4.69, 9.17) is 11.6 Å². The van der Waals surface area contributed by atoms with E-state index in [-0.39, 0.29) is 29.1 Å². The first-order valence-electron chi connectivity index (χ1n) is 8.96. The van der Waals surface area contributed by atoms with E-state index in [0.717, 1.165) is 25.0 Å². The lowest BCUT2D eigenvalue weighted by Gasteiger charge is -2.11. The summed E-state index contributed by atoms with van der Waals surface area (Å²) in [4.78, 5) is 8.35. The van der Waals surface area contributed by atoms with Crippen LogP contribution >= 0.6 is 0 Å². The van der Waals surface area contributed by atoms with E-state index in [2.05, 4.69) is 15.1 Å². The van der Waals surface area contributed by atoms with Gasteiger partial charge in [0, 0.05) is 30.5 Å². The van der Waals surface area contributed by atoms with Crippen molar-refractivity contribution < 1.29 is 22.7 Å². The SMILES string of the molecule is C[C@@H](O)c1cc(F)ccc1N=C(C=C(N)C(F)(F)F)CC(C=NCC1CC1)=NN. The number of allylic oxidation sites excluding steroid dienone is 2. The number of hydrogen-bond acceptors (Lipinski definition) is 6. The number of hydrogen-bond donors (Lipinski definition) is 3. The zero-order valence-corrected chi connectivity index (χ0v) is 15.8. The Labute approximate surface area is 165 Å². The van der Waals surface area contributed by atoms with Crippen molar-refractivity contribution in [2.75, 3.05) is 6.54 Å². The van der Waals surface area contributed by atoms with Crippen molar-refractivity contribution in [3.63, 3.8) is 0 Å². The molecule has 1 aliphatic carbocycles. The molecule has 1 aromatic rings. The Bertz CT molecular complexity index is 839. The second kappa shape index (κ2) is 9.64. The molecule has 0 heterocycles. The highest BCUT2D eigenvalue weighted by Crippen LogP contribution is 2.29. The minimum absolute atomic E-state index is 0.105. The fraction of sp³-hybridized carbons (Fsp3) is 0.421. The summed E-state index contributed by atoms with van der Waals surface area (Å²) in [6, 6.07) is 3.41. The Morgan fingerprint density at radius 2 is 2.00 bits per heavy atom. The zero-order chi connectivity index (χ0) is 21.6. The lowest BCUT2D eigenvalue weighted by molar-refractivity contribution is -0.0925. The van der Waals surface area contributed by atoms with Gasteiger partial charge in [-0.2, -0.15) is 18.3 Å². The normalized spacial score (nSPS) is 17.8. The summed E-state index contributed by atoms with van der Waals surface area (Å²) in [6.45, 7) is 1.99. The van der Waals surface area contributed by atoms with E-state index in [0.29, 0.717) is 18.5 Å². The van der Waals surface area contributed by atoms with Gasteiger partial charge < -0.3 is 16.7 Å². The summed E-state index contributed by atoms with van der Waals surface area (Å²) in [7, 11) is 0. The van der Waals surface area contributed by atoms with Crippen LogP contribution in [0.4, 0.5) is 23.2 Å². The van der Waals surface area contributed by atoms with Crippen LogP contribution < -0.4 is 11.6 Å². The number of halogens is 4. The first-order chi connectivity index (χ1) is 13.6. The summed E-state index contributed by atoms with van der Waals surface area (Å²) in [5, 5.41) is 13.4. The first kappa shape index (κ1) is 22.5. The molecule has 0 unspecified atom stereocenters. The maximum atomic E-state index is 13.5. The highest BCUT2D eigenvalue weighted by Gasteiger charge is 2.31. The van der Waals surface area contributed by atoms with Gasteiger partial charge in [0.25, 0.3) is 0 Å². The molecule has 2 rings (SSSR count). The predicted molar refractivity (Wildman–Crippen MR) is 105 cm³/mol. The number of aliphatic hydroxyl groups is 1. The van der Waals surface area contributed by atoms with Crippen molar-refractivity contribution in [2.24, 2.45) is 32.6 Å². The number of nitrogens with zero attached hydrogens (tertiary/aromatic N) is 3. The molecule has 0 radical (unpaired) electrons. The van der Waals surface area contributed by atoms with Gasteiger partial charge in [-0.3, -0.25) is 9.98 Å². The molecule has 29 heavy (non-hydrogen) atoms.